The van der Waals surface area contributed by atoms with Gasteiger partial charge in [-0.1, -0.05) is 25.7 Å². The highest BCUT2D eigenvalue weighted by Crippen LogP contribution is 2.12. The third-order valence-electron chi connectivity index (χ3n) is 0.725. The Morgan fingerprint density at radius 1 is 1.75 bits per heavy atom. The molecule has 0 aromatic carbocycles. The molecule has 0 rings (SSSR count). The van der Waals surface area contributed by atoms with Crippen LogP contribution in [0.3, 0.4) is 0 Å². The molecule has 0 nitrogen and oxygen atoms in total. The van der Waals surface area contributed by atoms with Gasteiger partial charge in [0.2, 0.25) is 0 Å². The Kier molecular flexibility index (Phi) is 4.87. The lowest BCUT2D eigenvalue weighted by Crippen LogP contribution is -1.66. The topological polar surface area (TPSA) is 0 Å². The molecule has 0 aromatic rings. The summed E-state index contributed by atoms with van der Waals surface area (Å²) >= 11 is 1.85. The fourth-order valence-corrected chi connectivity index (χ4v) is 1.09. The number of rotatable bonds is 3. The van der Waals surface area contributed by atoms with Crippen LogP contribution in [0.15, 0.2) is 23.6 Å². The van der Waals surface area contributed by atoms with Gasteiger partial charge in [-0.2, -0.15) is 0 Å². The molecule has 46 valence electrons. The van der Waals surface area contributed by atoms with Gasteiger partial charge in [-0.15, -0.1) is 11.8 Å². The monoisotopic (exact) mass is 128 g/mol. The fourth-order valence-electron chi connectivity index (χ4n) is 0.442. The summed E-state index contributed by atoms with van der Waals surface area (Å²) in [5, 5.41) is 0. The minimum absolute atomic E-state index is 1.15. The van der Waals surface area contributed by atoms with Crippen LogP contribution in [0.4, 0.5) is 0 Å². The summed E-state index contributed by atoms with van der Waals surface area (Å²) < 4.78 is 0. The highest BCUT2D eigenvalue weighted by atomic mass is 32.2. The first-order valence-electron chi connectivity index (χ1n) is 2.73. The summed E-state index contributed by atoms with van der Waals surface area (Å²) in [5.74, 6) is 1.15. The molecule has 0 unspecified atom stereocenters. The lowest BCUT2D eigenvalue weighted by Gasteiger charge is -1.91. The summed E-state index contributed by atoms with van der Waals surface area (Å²) in [5.41, 5.74) is 0. The second kappa shape index (κ2) is 4.98. The molecule has 0 aliphatic rings. The van der Waals surface area contributed by atoms with Crippen LogP contribution >= 0.6 is 11.8 Å². The Balaban J connectivity index is 3.44. The van der Waals surface area contributed by atoms with Crippen LogP contribution in [0.1, 0.15) is 13.8 Å². The minimum Gasteiger partial charge on any atom is -0.131 e. The Hall–Kier alpha value is -0.170. The van der Waals surface area contributed by atoms with Crippen molar-refractivity contribution >= 4 is 11.8 Å². The Labute approximate surface area is 55.7 Å². The zero-order chi connectivity index (χ0) is 6.41. The first kappa shape index (κ1) is 7.83. The van der Waals surface area contributed by atoms with Crippen LogP contribution in [0, 0.1) is 0 Å². The van der Waals surface area contributed by atoms with Crippen LogP contribution in [-0.4, -0.2) is 5.75 Å². The van der Waals surface area contributed by atoms with Crippen molar-refractivity contribution < 1.29 is 0 Å². The van der Waals surface area contributed by atoms with Gasteiger partial charge >= 0.3 is 0 Å². The number of thioether (sulfide) groups is 1. The molecule has 0 amide bonds. The quantitative estimate of drug-likeness (QED) is 0.527. The summed E-state index contributed by atoms with van der Waals surface area (Å²) in [6.07, 6.45) is 3.84. The van der Waals surface area contributed by atoms with Crippen LogP contribution in [-0.2, 0) is 0 Å². The molecule has 0 saturated carbocycles. The predicted octanol–water partition coefficient (Wildman–Crippen LogP) is 2.83. The van der Waals surface area contributed by atoms with Gasteiger partial charge in [0, 0.05) is 0 Å². The fraction of sp³-hybridized carbons (Fsp3) is 0.429. The maximum Gasteiger partial charge on any atom is -0.00518 e. The van der Waals surface area contributed by atoms with E-state index in [1.807, 2.05) is 23.9 Å². The second-order valence-corrected chi connectivity index (χ2v) is 2.96. The summed E-state index contributed by atoms with van der Waals surface area (Å²) in [6, 6.07) is 0. The van der Waals surface area contributed by atoms with Gasteiger partial charge in [0.25, 0.3) is 0 Å². The van der Waals surface area contributed by atoms with Crippen LogP contribution in [0.2, 0.25) is 0 Å². The van der Waals surface area contributed by atoms with Crippen LogP contribution < -0.4 is 0 Å². The molecule has 0 bridgehead atoms. The van der Waals surface area contributed by atoms with Crippen molar-refractivity contribution in [1.29, 1.82) is 0 Å². The maximum atomic E-state index is 3.59. The lowest BCUT2D eigenvalue weighted by molar-refractivity contribution is 1.52. The van der Waals surface area contributed by atoms with Crippen molar-refractivity contribution in [2.75, 3.05) is 5.75 Å². The highest BCUT2D eigenvalue weighted by molar-refractivity contribution is 8.03. The third-order valence-corrected chi connectivity index (χ3v) is 1.60. The van der Waals surface area contributed by atoms with Crippen molar-refractivity contribution in [3.8, 4) is 0 Å². The molecule has 0 fully saturated rings. The number of allylic oxidation sites excluding steroid dienone is 3. The Morgan fingerprint density at radius 3 is 2.75 bits per heavy atom. The number of hydrogen-bond acceptors (Lipinski definition) is 1. The van der Waals surface area contributed by atoms with Crippen molar-refractivity contribution in [3.05, 3.63) is 23.6 Å². The Morgan fingerprint density at radius 2 is 2.38 bits per heavy atom. The molecule has 0 aliphatic carbocycles. The molecule has 0 atom stereocenters. The molecular formula is C7H12S. The minimum atomic E-state index is 1.15. The maximum absolute atomic E-state index is 3.59. The predicted molar refractivity (Wildman–Crippen MR) is 42.1 cm³/mol. The highest BCUT2D eigenvalue weighted by Gasteiger charge is 1.81. The van der Waals surface area contributed by atoms with E-state index in [0.717, 1.165) is 5.75 Å². The van der Waals surface area contributed by atoms with Gasteiger partial charge in [0.1, 0.15) is 0 Å². The molecule has 0 N–H and O–H groups in total. The zero-order valence-electron chi connectivity index (χ0n) is 5.48. The van der Waals surface area contributed by atoms with E-state index in [0.29, 0.717) is 0 Å². The summed E-state index contributed by atoms with van der Waals surface area (Å²) in [7, 11) is 0. The smallest absolute Gasteiger partial charge is 0.00518 e. The average molecular weight is 128 g/mol. The lowest BCUT2D eigenvalue weighted by atomic mass is 10.5. The molecule has 8 heavy (non-hydrogen) atoms. The second-order valence-electron chi connectivity index (χ2n) is 1.45. The van der Waals surface area contributed by atoms with E-state index in [2.05, 4.69) is 20.4 Å². The van der Waals surface area contributed by atoms with E-state index in [1.165, 1.54) is 4.91 Å². The molecule has 0 spiro atoms. The van der Waals surface area contributed by atoms with Crippen molar-refractivity contribution in [3.63, 3.8) is 0 Å². The van der Waals surface area contributed by atoms with Gasteiger partial charge in [0.05, 0.1) is 0 Å². The largest absolute Gasteiger partial charge is 0.131 e. The number of hydrogen-bond donors (Lipinski definition) is 0. The van der Waals surface area contributed by atoms with E-state index in [1.54, 1.807) is 0 Å². The van der Waals surface area contributed by atoms with Gasteiger partial charge in [-0.05, 0) is 17.6 Å². The standard InChI is InChI=1S/C7H12S/c1-4-6-7(3)8-5-2/h4,6H,1,5H2,2-3H3/b7-6-. The van der Waals surface area contributed by atoms with E-state index in [-0.39, 0.29) is 0 Å². The third kappa shape index (κ3) is 4.00. The van der Waals surface area contributed by atoms with Crippen LogP contribution in [0.25, 0.3) is 0 Å². The van der Waals surface area contributed by atoms with Gasteiger partial charge in [-0.25, -0.2) is 0 Å². The average Bonchev–Trinajstić information content (AvgIpc) is 1.68. The Bertz CT molecular complexity index is 92.6. The van der Waals surface area contributed by atoms with Crippen molar-refractivity contribution in [2.45, 2.75) is 13.8 Å². The van der Waals surface area contributed by atoms with Crippen LogP contribution in [0.5, 0.6) is 0 Å². The summed E-state index contributed by atoms with van der Waals surface area (Å²) in [6.45, 7) is 7.83. The zero-order valence-corrected chi connectivity index (χ0v) is 6.29. The van der Waals surface area contributed by atoms with Gasteiger partial charge in [-0.3, -0.25) is 0 Å². The first-order chi connectivity index (χ1) is 3.81. The molecule has 0 aromatic heterocycles. The van der Waals surface area contributed by atoms with E-state index < -0.39 is 0 Å². The molecule has 1 heteroatoms. The van der Waals surface area contributed by atoms with Gasteiger partial charge < -0.3 is 0 Å². The molecule has 0 saturated heterocycles. The van der Waals surface area contributed by atoms with E-state index in [9.17, 15) is 0 Å². The van der Waals surface area contributed by atoms with E-state index in [4.69, 9.17) is 0 Å². The normalized spacial score (nSPS) is 11.5. The van der Waals surface area contributed by atoms with E-state index >= 15 is 0 Å². The molecule has 0 aliphatic heterocycles. The molecule has 0 radical (unpaired) electrons. The van der Waals surface area contributed by atoms with Gasteiger partial charge in [0.15, 0.2) is 0 Å². The van der Waals surface area contributed by atoms with Crippen molar-refractivity contribution in [1.82, 2.24) is 0 Å². The molecule has 0 heterocycles. The summed E-state index contributed by atoms with van der Waals surface area (Å²) in [4.78, 5) is 1.34. The van der Waals surface area contributed by atoms with Crippen molar-refractivity contribution in [2.24, 2.45) is 0 Å². The first-order valence-corrected chi connectivity index (χ1v) is 3.72. The SMILES string of the molecule is C=C/C=C(/C)SCC. The molecular weight excluding hydrogens is 116 g/mol.